The van der Waals surface area contributed by atoms with Crippen LogP contribution in [-0.2, 0) is 19.5 Å². The van der Waals surface area contributed by atoms with Crippen molar-refractivity contribution < 1.29 is 31.9 Å². The molecule has 1 aliphatic rings. The van der Waals surface area contributed by atoms with Crippen LogP contribution in [0.2, 0.25) is 0 Å². The lowest BCUT2D eigenvalue weighted by molar-refractivity contribution is 0.0514. The quantitative estimate of drug-likeness (QED) is 0.677. The smallest absolute Gasteiger partial charge is 0.360 e. The summed E-state index contributed by atoms with van der Waals surface area (Å²) >= 11 is 0. The van der Waals surface area contributed by atoms with E-state index in [-0.39, 0.29) is 41.8 Å². The van der Waals surface area contributed by atoms with E-state index in [2.05, 4.69) is 5.16 Å². The third-order valence-corrected chi connectivity index (χ3v) is 5.95. The van der Waals surface area contributed by atoms with E-state index in [0.29, 0.717) is 18.8 Å². The predicted molar refractivity (Wildman–Crippen MR) is 94.0 cm³/mol. The van der Waals surface area contributed by atoms with E-state index in [9.17, 15) is 13.2 Å². The van der Waals surface area contributed by atoms with Gasteiger partial charge in [-0.1, -0.05) is 5.16 Å². The molecule has 1 saturated heterocycles. The number of carbonyl (C=O) groups excluding carboxylic acids is 1. The summed E-state index contributed by atoms with van der Waals surface area (Å²) in [5, 5.41) is 3.68. The maximum atomic E-state index is 13.0. The molecule has 146 valence electrons. The SMILES string of the molecule is CCOC(=O)c1cc(-c2ccc(OC)c(S(=O)(=O)N3CCOCC3)c2)on1. The Bertz CT molecular complexity index is 917. The zero-order valence-electron chi connectivity index (χ0n) is 15.0. The molecule has 3 rings (SSSR count). The Balaban J connectivity index is 1.98. The molecule has 0 unspecified atom stereocenters. The van der Waals surface area contributed by atoms with Gasteiger partial charge in [-0.2, -0.15) is 4.31 Å². The van der Waals surface area contributed by atoms with Gasteiger partial charge in [0.2, 0.25) is 10.0 Å². The average Bonchev–Trinajstić information content (AvgIpc) is 3.19. The number of aromatic nitrogens is 1. The summed E-state index contributed by atoms with van der Waals surface area (Å²) in [6, 6.07) is 6.02. The Morgan fingerprint density at radius 1 is 1.26 bits per heavy atom. The molecule has 0 saturated carbocycles. The minimum atomic E-state index is -3.78. The van der Waals surface area contributed by atoms with E-state index in [4.69, 9.17) is 18.7 Å². The van der Waals surface area contributed by atoms with Crippen LogP contribution in [0, 0.1) is 0 Å². The van der Waals surface area contributed by atoms with Crippen molar-refractivity contribution in [3.8, 4) is 17.1 Å². The first kappa shape index (κ1) is 19.3. The number of hydrogen-bond donors (Lipinski definition) is 0. The summed E-state index contributed by atoms with van der Waals surface area (Å²) in [4.78, 5) is 11.8. The summed E-state index contributed by atoms with van der Waals surface area (Å²) in [6.07, 6.45) is 0. The second kappa shape index (κ2) is 8.07. The van der Waals surface area contributed by atoms with Gasteiger partial charge in [-0.25, -0.2) is 13.2 Å². The van der Waals surface area contributed by atoms with Gasteiger partial charge in [-0.05, 0) is 25.1 Å². The number of carbonyl (C=O) groups is 1. The molecule has 0 bridgehead atoms. The Labute approximate surface area is 156 Å². The summed E-state index contributed by atoms with van der Waals surface area (Å²) < 4.78 is 47.9. The maximum Gasteiger partial charge on any atom is 0.360 e. The van der Waals surface area contributed by atoms with Crippen LogP contribution in [0.4, 0.5) is 0 Å². The van der Waals surface area contributed by atoms with Gasteiger partial charge in [0.25, 0.3) is 0 Å². The van der Waals surface area contributed by atoms with Gasteiger partial charge < -0.3 is 18.7 Å². The molecule has 10 heteroatoms. The van der Waals surface area contributed by atoms with E-state index in [1.54, 1.807) is 13.0 Å². The number of morpholine rings is 1. The van der Waals surface area contributed by atoms with Crippen molar-refractivity contribution in [1.29, 1.82) is 0 Å². The van der Waals surface area contributed by atoms with Crippen molar-refractivity contribution in [3.63, 3.8) is 0 Å². The van der Waals surface area contributed by atoms with Crippen LogP contribution in [-0.4, -0.2) is 63.9 Å². The molecule has 9 nitrogen and oxygen atoms in total. The van der Waals surface area contributed by atoms with Crippen LogP contribution >= 0.6 is 0 Å². The molecule has 1 fully saturated rings. The van der Waals surface area contributed by atoms with Gasteiger partial charge >= 0.3 is 5.97 Å². The third kappa shape index (κ3) is 3.97. The fourth-order valence-electron chi connectivity index (χ4n) is 2.67. The standard InChI is InChI=1S/C17H20N2O7S/c1-3-25-17(20)13-11-15(26-18-13)12-4-5-14(23-2)16(10-12)27(21,22)19-6-8-24-9-7-19/h4-5,10-11H,3,6-9H2,1-2H3. The number of benzene rings is 1. The number of hydrogen-bond acceptors (Lipinski definition) is 8. The van der Waals surface area contributed by atoms with Crippen molar-refractivity contribution in [2.75, 3.05) is 40.0 Å². The van der Waals surface area contributed by atoms with Crippen LogP contribution in [0.25, 0.3) is 11.3 Å². The zero-order valence-corrected chi connectivity index (χ0v) is 15.8. The van der Waals surface area contributed by atoms with Crippen molar-refractivity contribution in [1.82, 2.24) is 9.46 Å². The minimum Gasteiger partial charge on any atom is -0.495 e. The largest absolute Gasteiger partial charge is 0.495 e. The van der Waals surface area contributed by atoms with Crippen LogP contribution in [0.5, 0.6) is 5.75 Å². The number of rotatable bonds is 6. The topological polar surface area (TPSA) is 108 Å². The highest BCUT2D eigenvalue weighted by Crippen LogP contribution is 2.32. The predicted octanol–water partition coefficient (Wildman–Crippen LogP) is 1.55. The number of nitrogens with zero attached hydrogens (tertiary/aromatic N) is 2. The highest BCUT2D eigenvalue weighted by molar-refractivity contribution is 7.89. The Morgan fingerprint density at radius 2 is 2.00 bits per heavy atom. The first-order chi connectivity index (χ1) is 13.0. The number of methoxy groups -OCH3 is 1. The van der Waals surface area contributed by atoms with Gasteiger partial charge in [-0.3, -0.25) is 0 Å². The number of sulfonamides is 1. The van der Waals surface area contributed by atoms with E-state index in [0.717, 1.165) is 0 Å². The molecule has 0 atom stereocenters. The van der Waals surface area contributed by atoms with Gasteiger partial charge in [0.05, 0.1) is 26.9 Å². The second-order valence-corrected chi connectivity index (χ2v) is 7.59. The van der Waals surface area contributed by atoms with Crippen LogP contribution < -0.4 is 4.74 Å². The van der Waals surface area contributed by atoms with Crippen molar-refractivity contribution in [3.05, 3.63) is 30.0 Å². The molecular weight excluding hydrogens is 376 g/mol. The summed E-state index contributed by atoms with van der Waals surface area (Å²) in [5.74, 6) is -0.142. The van der Waals surface area contributed by atoms with Crippen LogP contribution in [0.15, 0.2) is 33.7 Å². The average molecular weight is 396 g/mol. The van der Waals surface area contributed by atoms with E-state index >= 15 is 0 Å². The molecule has 0 aliphatic carbocycles. The normalized spacial score (nSPS) is 15.5. The summed E-state index contributed by atoms with van der Waals surface area (Å²) in [7, 11) is -2.38. The Kier molecular flexibility index (Phi) is 5.78. The van der Waals surface area contributed by atoms with Gasteiger partial charge in [0.15, 0.2) is 11.5 Å². The molecule has 2 heterocycles. The van der Waals surface area contributed by atoms with E-state index in [1.165, 1.54) is 29.6 Å². The lowest BCUT2D eigenvalue weighted by Crippen LogP contribution is -2.40. The monoisotopic (exact) mass is 396 g/mol. The van der Waals surface area contributed by atoms with Crippen LogP contribution in [0.1, 0.15) is 17.4 Å². The fourth-order valence-corrected chi connectivity index (χ4v) is 4.26. The molecule has 1 aromatic heterocycles. The van der Waals surface area contributed by atoms with Gasteiger partial charge in [0.1, 0.15) is 10.6 Å². The molecule has 0 radical (unpaired) electrons. The first-order valence-electron chi connectivity index (χ1n) is 8.37. The highest BCUT2D eigenvalue weighted by Gasteiger charge is 2.30. The summed E-state index contributed by atoms with van der Waals surface area (Å²) in [6.45, 7) is 3.12. The molecule has 1 aliphatic heterocycles. The molecular formula is C17H20N2O7S. The van der Waals surface area contributed by atoms with Crippen molar-refractivity contribution in [2.45, 2.75) is 11.8 Å². The number of ether oxygens (including phenoxy) is 3. The summed E-state index contributed by atoms with van der Waals surface area (Å²) in [5.41, 5.74) is 0.464. The van der Waals surface area contributed by atoms with E-state index < -0.39 is 16.0 Å². The fraction of sp³-hybridized carbons (Fsp3) is 0.412. The Hall–Kier alpha value is -2.43. The highest BCUT2D eigenvalue weighted by atomic mass is 32.2. The van der Waals surface area contributed by atoms with Crippen molar-refractivity contribution >= 4 is 16.0 Å². The molecule has 0 N–H and O–H groups in total. The molecule has 0 spiro atoms. The van der Waals surface area contributed by atoms with Gasteiger partial charge in [-0.15, -0.1) is 0 Å². The lowest BCUT2D eigenvalue weighted by atomic mass is 10.1. The lowest BCUT2D eigenvalue weighted by Gasteiger charge is -2.26. The minimum absolute atomic E-state index is 0.0125. The van der Waals surface area contributed by atoms with Crippen molar-refractivity contribution in [2.24, 2.45) is 0 Å². The van der Waals surface area contributed by atoms with E-state index in [1.807, 2.05) is 0 Å². The molecule has 0 amide bonds. The number of esters is 1. The van der Waals surface area contributed by atoms with Gasteiger partial charge in [0, 0.05) is 24.7 Å². The zero-order chi connectivity index (χ0) is 19.4. The third-order valence-electron chi connectivity index (χ3n) is 4.03. The second-order valence-electron chi connectivity index (χ2n) is 5.68. The maximum absolute atomic E-state index is 13.0. The Morgan fingerprint density at radius 3 is 2.67 bits per heavy atom. The molecule has 27 heavy (non-hydrogen) atoms. The van der Waals surface area contributed by atoms with Crippen LogP contribution in [0.3, 0.4) is 0 Å². The first-order valence-corrected chi connectivity index (χ1v) is 9.81. The molecule has 1 aromatic carbocycles. The molecule has 2 aromatic rings.